The molecule has 0 amide bonds. The van der Waals surface area contributed by atoms with Gasteiger partial charge in [0.05, 0.1) is 0 Å². The third kappa shape index (κ3) is 2.45. The van der Waals surface area contributed by atoms with Gasteiger partial charge in [0.2, 0.25) is 0 Å². The number of hydrogen-bond acceptors (Lipinski definition) is 7. The van der Waals surface area contributed by atoms with Crippen molar-refractivity contribution < 1.29 is 0 Å². The molecule has 0 aliphatic heterocycles. The Kier molecular flexibility index (Phi) is 4.27. The molecule has 0 aliphatic carbocycles. The molecule has 0 saturated carbocycles. The smallest absolute Gasteiger partial charge is 0.268 e. The van der Waals surface area contributed by atoms with Crippen LogP contribution in [0.2, 0.25) is 8.67 Å². The molecule has 0 N–H and O–H groups in total. The van der Waals surface area contributed by atoms with Crippen LogP contribution in [-0.4, -0.2) is 6.54 Å². The van der Waals surface area contributed by atoms with Crippen molar-refractivity contribution in [2.75, 3.05) is 11.4 Å². The van der Waals surface area contributed by atoms with Crippen molar-refractivity contribution in [3.63, 3.8) is 0 Å². The van der Waals surface area contributed by atoms with Crippen LogP contribution in [0.3, 0.4) is 0 Å². The molecule has 0 spiro atoms. The number of halogens is 2. The quantitative estimate of drug-likeness (QED) is 0.785. The Labute approximate surface area is 121 Å². The summed E-state index contributed by atoms with van der Waals surface area (Å²) in [6.45, 7) is 2.31. The van der Waals surface area contributed by atoms with E-state index in [1.165, 1.54) is 20.7 Å². The summed E-state index contributed by atoms with van der Waals surface area (Å²) in [7, 11) is 4.51. The van der Waals surface area contributed by atoms with E-state index in [2.05, 4.69) is 0 Å². The van der Waals surface area contributed by atoms with Gasteiger partial charge in [-0.25, -0.2) is 0 Å². The van der Waals surface area contributed by atoms with Crippen molar-refractivity contribution in [3.8, 4) is 0 Å². The van der Waals surface area contributed by atoms with E-state index in [9.17, 15) is 9.59 Å². The van der Waals surface area contributed by atoms with Crippen LogP contribution < -0.4 is 14.4 Å². The molecule has 0 radical (unpaired) electrons. The fourth-order valence-corrected chi connectivity index (χ4v) is 5.80. The average molecular weight is 346 g/mol. The first kappa shape index (κ1) is 13.5. The zero-order valence-corrected chi connectivity index (χ0v) is 13.1. The minimum atomic E-state index is -0.145. The topological polar surface area (TPSA) is 37.4 Å². The summed E-state index contributed by atoms with van der Waals surface area (Å²) < 4.78 is 0.504. The summed E-state index contributed by atoms with van der Waals surface area (Å²) in [5.74, 6) is 0. The van der Waals surface area contributed by atoms with Gasteiger partial charge >= 0.3 is 0 Å². The van der Waals surface area contributed by atoms with Gasteiger partial charge in [-0.2, -0.15) is 0 Å². The summed E-state index contributed by atoms with van der Waals surface area (Å²) >= 11 is 12.0. The number of nitrogens with zero attached hydrogens (tertiary/aromatic N) is 1. The molecule has 0 bridgehead atoms. The predicted molar refractivity (Wildman–Crippen MR) is 79.6 cm³/mol. The second kappa shape index (κ2) is 5.38. The third-order valence-corrected chi connectivity index (χ3v) is 7.31. The summed E-state index contributed by atoms with van der Waals surface area (Å²) in [5, 5.41) is 0. The van der Waals surface area contributed by atoms with Gasteiger partial charge < -0.3 is 4.90 Å². The highest BCUT2D eigenvalue weighted by Crippen LogP contribution is 2.38. The number of anilines is 2. The van der Waals surface area contributed by atoms with E-state index >= 15 is 0 Å². The number of rotatable bonds is 3. The van der Waals surface area contributed by atoms with Gasteiger partial charge in [-0.1, -0.05) is 43.9 Å². The Bertz CT molecular complexity index is 586. The first-order valence-electron chi connectivity index (χ1n) is 4.41. The molecule has 2 heterocycles. The average Bonchev–Trinajstić information content (AvgIpc) is 2.78. The van der Waals surface area contributed by atoms with Gasteiger partial charge in [-0.15, -0.1) is 0 Å². The minimum absolute atomic E-state index is 0.145. The normalized spacial score (nSPS) is 10.8. The Morgan fingerprint density at radius 2 is 1.35 bits per heavy atom. The van der Waals surface area contributed by atoms with Crippen molar-refractivity contribution >= 4 is 75.9 Å². The lowest BCUT2D eigenvalue weighted by molar-refractivity contribution is 1.03. The van der Waals surface area contributed by atoms with Crippen LogP contribution in [-0.2, 0) is 0 Å². The van der Waals surface area contributed by atoms with Gasteiger partial charge in [0, 0.05) is 6.54 Å². The largest absolute Gasteiger partial charge is 0.330 e. The van der Waals surface area contributed by atoms with Gasteiger partial charge in [0.1, 0.15) is 20.0 Å². The molecule has 2 rings (SSSR count). The lowest BCUT2D eigenvalue weighted by Crippen LogP contribution is -2.24. The van der Waals surface area contributed by atoms with Crippen LogP contribution in [0.25, 0.3) is 0 Å². The summed E-state index contributed by atoms with van der Waals surface area (Å²) in [6, 6.07) is 0. The SMILES string of the molecule is CCN(c1c(Cl)ssc1=O)c1c(Cl)ssc1=O. The second-order valence-electron chi connectivity index (χ2n) is 2.90. The summed E-state index contributed by atoms with van der Waals surface area (Å²) in [5.41, 5.74) is 0.711. The highest BCUT2D eigenvalue weighted by atomic mass is 35.5. The molecule has 0 unspecified atom stereocenters. The first-order valence-corrected chi connectivity index (χ1v) is 9.46. The molecule has 3 nitrogen and oxygen atoms in total. The monoisotopic (exact) mass is 345 g/mol. The third-order valence-electron chi connectivity index (χ3n) is 2.00. The molecule has 17 heavy (non-hydrogen) atoms. The van der Waals surface area contributed by atoms with Gasteiger partial charge in [0.25, 0.3) is 9.48 Å². The molecular formula is C8H5Cl2NO2S4. The van der Waals surface area contributed by atoms with E-state index in [0.717, 1.165) is 20.7 Å². The van der Waals surface area contributed by atoms with Crippen LogP contribution in [0.5, 0.6) is 0 Å². The molecule has 0 fully saturated rings. The van der Waals surface area contributed by atoms with E-state index in [1.54, 1.807) is 4.90 Å². The zero-order valence-electron chi connectivity index (χ0n) is 8.36. The van der Waals surface area contributed by atoms with Crippen molar-refractivity contribution in [1.82, 2.24) is 0 Å². The molecule has 2 aromatic heterocycles. The highest BCUT2D eigenvalue weighted by Gasteiger charge is 2.23. The molecule has 9 heteroatoms. The Balaban J connectivity index is 2.63. The van der Waals surface area contributed by atoms with Crippen LogP contribution in [0.15, 0.2) is 9.59 Å². The minimum Gasteiger partial charge on any atom is -0.330 e. The molecule has 0 aliphatic rings. The van der Waals surface area contributed by atoms with Crippen LogP contribution >= 0.6 is 64.6 Å². The Morgan fingerprint density at radius 3 is 1.59 bits per heavy atom. The standard InChI is InChI=1S/C8H5Cl2NO2S4/c1-2-11(3-5(9)14-16-7(3)12)4-6(10)15-17-8(4)13/h2H2,1H3. The fourth-order valence-electron chi connectivity index (χ4n) is 1.33. The van der Waals surface area contributed by atoms with E-state index in [4.69, 9.17) is 23.2 Å². The van der Waals surface area contributed by atoms with Crippen molar-refractivity contribution in [2.45, 2.75) is 6.92 Å². The van der Waals surface area contributed by atoms with Gasteiger partial charge in [-0.05, 0) is 27.6 Å². The van der Waals surface area contributed by atoms with Crippen LogP contribution in [0.4, 0.5) is 11.4 Å². The lowest BCUT2D eigenvalue weighted by atomic mass is 10.4. The summed E-state index contributed by atoms with van der Waals surface area (Å²) in [4.78, 5) is 25.0. The van der Waals surface area contributed by atoms with Crippen LogP contribution in [0, 0.1) is 0 Å². The fraction of sp³-hybridized carbons (Fsp3) is 0.250. The Hall–Kier alpha value is 0.0800. The van der Waals surface area contributed by atoms with Gasteiger partial charge in [0.15, 0.2) is 0 Å². The van der Waals surface area contributed by atoms with Crippen molar-refractivity contribution in [2.24, 2.45) is 0 Å². The molecule has 0 atom stereocenters. The van der Waals surface area contributed by atoms with E-state index in [-0.39, 0.29) is 9.48 Å². The maximum atomic E-state index is 11.7. The van der Waals surface area contributed by atoms with E-state index < -0.39 is 0 Å². The molecule has 92 valence electrons. The maximum Gasteiger partial charge on any atom is 0.268 e. The molecule has 0 aromatic carbocycles. The van der Waals surface area contributed by atoms with E-state index in [0.29, 0.717) is 26.6 Å². The Morgan fingerprint density at radius 1 is 0.941 bits per heavy atom. The maximum absolute atomic E-state index is 11.7. The molecular weight excluding hydrogens is 341 g/mol. The zero-order chi connectivity index (χ0) is 12.6. The summed E-state index contributed by atoms with van der Waals surface area (Å²) in [6.07, 6.45) is 0. The number of hydrogen-bond donors (Lipinski definition) is 0. The molecule has 0 saturated heterocycles. The van der Waals surface area contributed by atoms with Crippen molar-refractivity contribution in [1.29, 1.82) is 0 Å². The van der Waals surface area contributed by atoms with Crippen molar-refractivity contribution in [3.05, 3.63) is 27.7 Å². The van der Waals surface area contributed by atoms with E-state index in [1.807, 2.05) is 6.92 Å². The predicted octanol–water partition coefficient (Wildman–Crippen LogP) is 4.12. The lowest BCUT2D eigenvalue weighted by Gasteiger charge is -2.18. The van der Waals surface area contributed by atoms with Gasteiger partial charge in [-0.3, -0.25) is 9.59 Å². The van der Waals surface area contributed by atoms with Crippen LogP contribution in [0.1, 0.15) is 6.92 Å². The highest BCUT2D eigenvalue weighted by molar-refractivity contribution is 7.70. The molecule has 2 aromatic rings. The second-order valence-corrected chi connectivity index (χ2v) is 8.33. The first-order chi connectivity index (χ1) is 8.06.